The molecule has 1 heterocycles. The summed E-state index contributed by atoms with van der Waals surface area (Å²) in [6, 6.07) is 12.2. The number of halogens is 2. The van der Waals surface area contributed by atoms with Crippen LogP contribution in [0.3, 0.4) is 0 Å². The molecule has 1 amide bonds. The van der Waals surface area contributed by atoms with E-state index in [1.54, 1.807) is 0 Å². The SMILES string of the molecule is CN(C)c1ccc(Nc2cc(C(=O)Nc3ccc(F)c(F)c3)ncn2)cc1. The Hall–Kier alpha value is -3.55. The fraction of sp³-hybridized carbons (Fsp3) is 0.105. The zero-order valence-corrected chi connectivity index (χ0v) is 14.7. The zero-order chi connectivity index (χ0) is 19.4. The van der Waals surface area contributed by atoms with Gasteiger partial charge in [-0.1, -0.05) is 0 Å². The smallest absolute Gasteiger partial charge is 0.274 e. The summed E-state index contributed by atoms with van der Waals surface area (Å²) < 4.78 is 26.2. The average Bonchev–Trinajstić information content (AvgIpc) is 2.65. The van der Waals surface area contributed by atoms with Crippen LogP contribution >= 0.6 is 0 Å². The number of rotatable bonds is 5. The monoisotopic (exact) mass is 369 g/mol. The van der Waals surface area contributed by atoms with Gasteiger partial charge in [-0.2, -0.15) is 0 Å². The molecule has 0 bridgehead atoms. The van der Waals surface area contributed by atoms with Crippen LogP contribution < -0.4 is 15.5 Å². The molecule has 0 aliphatic rings. The van der Waals surface area contributed by atoms with Crippen LogP contribution in [0.1, 0.15) is 10.5 Å². The highest BCUT2D eigenvalue weighted by atomic mass is 19.2. The Bertz CT molecular complexity index is 961. The lowest BCUT2D eigenvalue weighted by Gasteiger charge is -2.13. The number of benzene rings is 2. The Balaban J connectivity index is 1.72. The molecule has 0 spiro atoms. The molecule has 6 nitrogen and oxygen atoms in total. The maximum absolute atomic E-state index is 13.3. The highest BCUT2D eigenvalue weighted by molar-refractivity contribution is 6.03. The van der Waals surface area contributed by atoms with Crippen molar-refractivity contribution in [2.45, 2.75) is 0 Å². The van der Waals surface area contributed by atoms with Gasteiger partial charge in [0.2, 0.25) is 0 Å². The van der Waals surface area contributed by atoms with Crippen LogP contribution in [0, 0.1) is 11.6 Å². The Kier molecular flexibility index (Phi) is 5.25. The minimum Gasteiger partial charge on any atom is -0.378 e. The van der Waals surface area contributed by atoms with E-state index in [-0.39, 0.29) is 11.4 Å². The van der Waals surface area contributed by atoms with E-state index in [4.69, 9.17) is 0 Å². The van der Waals surface area contributed by atoms with Crippen LogP contribution in [0.5, 0.6) is 0 Å². The van der Waals surface area contributed by atoms with E-state index >= 15 is 0 Å². The fourth-order valence-electron chi connectivity index (χ4n) is 2.31. The lowest BCUT2D eigenvalue weighted by Crippen LogP contribution is -2.14. The summed E-state index contributed by atoms with van der Waals surface area (Å²) in [7, 11) is 3.90. The van der Waals surface area contributed by atoms with E-state index in [0.29, 0.717) is 5.82 Å². The van der Waals surface area contributed by atoms with Crippen LogP contribution in [-0.2, 0) is 0 Å². The first-order chi connectivity index (χ1) is 12.9. The van der Waals surface area contributed by atoms with Crippen molar-refractivity contribution in [3.05, 3.63) is 72.2 Å². The van der Waals surface area contributed by atoms with Gasteiger partial charge in [-0.15, -0.1) is 0 Å². The predicted molar refractivity (Wildman–Crippen MR) is 100 cm³/mol. The highest BCUT2D eigenvalue weighted by Crippen LogP contribution is 2.19. The molecule has 2 N–H and O–H groups in total. The lowest BCUT2D eigenvalue weighted by molar-refractivity contribution is 0.102. The van der Waals surface area contributed by atoms with Gasteiger partial charge in [0.25, 0.3) is 5.91 Å². The molecule has 1 aromatic heterocycles. The third-order valence-electron chi connectivity index (χ3n) is 3.73. The Morgan fingerprint density at radius 1 is 0.926 bits per heavy atom. The van der Waals surface area contributed by atoms with E-state index < -0.39 is 17.5 Å². The largest absolute Gasteiger partial charge is 0.378 e. The van der Waals surface area contributed by atoms with Crippen molar-refractivity contribution in [3.63, 3.8) is 0 Å². The normalized spacial score (nSPS) is 10.4. The molecule has 0 radical (unpaired) electrons. The average molecular weight is 369 g/mol. The molecule has 138 valence electrons. The topological polar surface area (TPSA) is 70.2 Å². The van der Waals surface area contributed by atoms with E-state index in [9.17, 15) is 13.6 Å². The highest BCUT2D eigenvalue weighted by Gasteiger charge is 2.11. The van der Waals surface area contributed by atoms with Crippen molar-refractivity contribution in [2.75, 3.05) is 29.6 Å². The van der Waals surface area contributed by atoms with Gasteiger partial charge < -0.3 is 15.5 Å². The molecule has 0 saturated heterocycles. The molecule has 0 unspecified atom stereocenters. The lowest BCUT2D eigenvalue weighted by atomic mass is 10.2. The van der Waals surface area contributed by atoms with Gasteiger partial charge in [0.15, 0.2) is 11.6 Å². The number of nitrogens with one attached hydrogen (secondary N) is 2. The molecule has 27 heavy (non-hydrogen) atoms. The molecular formula is C19H17F2N5O. The van der Waals surface area contributed by atoms with Gasteiger partial charge in [0.1, 0.15) is 17.8 Å². The van der Waals surface area contributed by atoms with Crippen LogP contribution in [0.4, 0.5) is 31.7 Å². The number of hydrogen-bond donors (Lipinski definition) is 2. The summed E-state index contributed by atoms with van der Waals surface area (Å²) in [5.74, 6) is -2.16. The van der Waals surface area contributed by atoms with Gasteiger partial charge in [0.05, 0.1) is 0 Å². The summed E-state index contributed by atoms with van der Waals surface area (Å²) in [4.78, 5) is 22.3. The van der Waals surface area contributed by atoms with E-state index in [2.05, 4.69) is 20.6 Å². The zero-order valence-electron chi connectivity index (χ0n) is 14.7. The Labute approximate surface area is 154 Å². The molecule has 0 atom stereocenters. The third-order valence-corrected chi connectivity index (χ3v) is 3.73. The second-order valence-corrected chi connectivity index (χ2v) is 5.94. The maximum Gasteiger partial charge on any atom is 0.274 e. The Morgan fingerprint density at radius 2 is 1.63 bits per heavy atom. The number of anilines is 4. The van der Waals surface area contributed by atoms with Crippen LogP contribution in [0.15, 0.2) is 54.9 Å². The van der Waals surface area contributed by atoms with Crippen LogP contribution in [0.2, 0.25) is 0 Å². The van der Waals surface area contributed by atoms with Crippen molar-refractivity contribution in [2.24, 2.45) is 0 Å². The minimum absolute atomic E-state index is 0.0853. The molecule has 3 aromatic rings. The quantitative estimate of drug-likeness (QED) is 0.716. The van der Waals surface area contributed by atoms with Gasteiger partial charge in [-0.05, 0) is 36.4 Å². The molecule has 3 rings (SSSR count). The molecule has 0 aliphatic heterocycles. The van der Waals surface area contributed by atoms with Crippen molar-refractivity contribution in [3.8, 4) is 0 Å². The summed E-state index contributed by atoms with van der Waals surface area (Å²) in [5.41, 5.74) is 2.06. The van der Waals surface area contributed by atoms with E-state index in [1.165, 1.54) is 18.5 Å². The maximum atomic E-state index is 13.3. The fourth-order valence-corrected chi connectivity index (χ4v) is 2.31. The summed E-state index contributed by atoms with van der Waals surface area (Å²) >= 11 is 0. The van der Waals surface area contributed by atoms with Crippen molar-refractivity contribution in [1.29, 1.82) is 0 Å². The number of carbonyl (C=O) groups is 1. The number of hydrogen-bond acceptors (Lipinski definition) is 5. The predicted octanol–water partition coefficient (Wildman–Crippen LogP) is 3.82. The van der Waals surface area contributed by atoms with Crippen LogP contribution in [0.25, 0.3) is 0 Å². The van der Waals surface area contributed by atoms with Crippen molar-refractivity contribution < 1.29 is 13.6 Å². The standard InChI is InChI=1S/C19H17F2N5O/c1-26(2)14-6-3-12(4-7-14)24-18-10-17(22-11-23-18)19(27)25-13-5-8-15(20)16(21)9-13/h3-11H,1-2H3,(H,25,27)(H,22,23,24). The van der Waals surface area contributed by atoms with Gasteiger partial charge in [0, 0.05) is 43.3 Å². The second-order valence-electron chi connectivity index (χ2n) is 5.94. The summed E-state index contributed by atoms with van der Waals surface area (Å²) in [6.45, 7) is 0. The number of nitrogens with zero attached hydrogens (tertiary/aromatic N) is 3. The molecule has 0 fully saturated rings. The molecule has 8 heteroatoms. The molecule has 2 aromatic carbocycles. The number of carbonyl (C=O) groups excluding carboxylic acids is 1. The molecule has 0 saturated carbocycles. The van der Waals surface area contributed by atoms with Gasteiger partial charge in [-0.25, -0.2) is 18.7 Å². The Morgan fingerprint density at radius 3 is 2.30 bits per heavy atom. The van der Waals surface area contributed by atoms with Gasteiger partial charge in [-0.3, -0.25) is 4.79 Å². The van der Waals surface area contributed by atoms with Crippen molar-refractivity contribution in [1.82, 2.24) is 9.97 Å². The summed E-state index contributed by atoms with van der Waals surface area (Å²) in [6.07, 6.45) is 1.25. The van der Waals surface area contributed by atoms with E-state index in [0.717, 1.165) is 23.5 Å². The molecule has 0 aliphatic carbocycles. The first kappa shape index (κ1) is 18.2. The van der Waals surface area contributed by atoms with Gasteiger partial charge >= 0.3 is 0 Å². The number of aromatic nitrogens is 2. The molecular weight excluding hydrogens is 352 g/mol. The summed E-state index contributed by atoms with van der Waals surface area (Å²) in [5, 5.41) is 5.55. The van der Waals surface area contributed by atoms with Crippen molar-refractivity contribution >= 4 is 28.8 Å². The third kappa shape index (κ3) is 4.55. The van der Waals surface area contributed by atoms with Crippen LogP contribution in [-0.4, -0.2) is 30.0 Å². The van der Waals surface area contributed by atoms with E-state index in [1.807, 2.05) is 43.3 Å². The minimum atomic E-state index is -1.04. The number of amides is 1. The first-order valence-electron chi connectivity index (χ1n) is 8.05. The second kappa shape index (κ2) is 7.77. The first-order valence-corrected chi connectivity index (χ1v) is 8.05.